The van der Waals surface area contributed by atoms with Gasteiger partial charge in [-0.3, -0.25) is 9.59 Å². The number of thiophene rings is 1. The van der Waals surface area contributed by atoms with Gasteiger partial charge in [0.1, 0.15) is 0 Å². The van der Waals surface area contributed by atoms with Gasteiger partial charge >= 0.3 is 0 Å². The lowest BCUT2D eigenvalue weighted by Crippen LogP contribution is -2.32. The van der Waals surface area contributed by atoms with Crippen molar-refractivity contribution in [1.29, 1.82) is 0 Å². The van der Waals surface area contributed by atoms with Crippen LogP contribution in [0.4, 0.5) is 0 Å². The molecular weight excluding hydrogens is 322 g/mol. The Labute approximate surface area is 145 Å². The molecule has 0 aliphatic carbocycles. The lowest BCUT2D eigenvalue weighted by Gasteiger charge is -2.26. The van der Waals surface area contributed by atoms with Crippen LogP contribution < -0.4 is 0 Å². The Morgan fingerprint density at radius 2 is 1.96 bits per heavy atom. The number of amides is 1. The van der Waals surface area contributed by atoms with E-state index in [1.807, 2.05) is 42.6 Å². The second-order valence-corrected chi connectivity index (χ2v) is 6.68. The molecule has 1 N–H and O–H groups in total. The van der Waals surface area contributed by atoms with Crippen molar-refractivity contribution in [3.63, 3.8) is 0 Å². The van der Waals surface area contributed by atoms with E-state index in [1.165, 1.54) is 11.3 Å². The smallest absolute Gasteiger partial charge is 0.290 e. The predicted octanol–water partition coefficient (Wildman–Crippen LogP) is 4.13. The zero-order valence-corrected chi connectivity index (χ0v) is 14.3. The first-order valence-corrected chi connectivity index (χ1v) is 8.90. The minimum Gasteiger partial charge on any atom is -0.503 e. The summed E-state index contributed by atoms with van der Waals surface area (Å²) >= 11 is 1.31. The summed E-state index contributed by atoms with van der Waals surface area (Å²) in [5.74, 6) is -1.15. The van der Waals surface area contributed by atoms with Crippen molar-refractivity contribution >= 4 is 23.0 Å². The average Bonchev–Trinajstić information content (AvgIpc) is 3.22. The summed E-state index contributed by atoms with van der Waals surface area (Å²) in [4.78, 5) is 27.6. The number of Topliss-reactive ketones (excluding diaryl/α,β-unsaturated/α-hetero) is 1. The first-order valence-electron chi connectivity index (χ1n) is 8.02. The van der Waals surface area contributed by atoms with E-state index in [2.05, 4.69) is 0 Å². The van der Waals surface area contributed by atoms with E-state index < -0.39 is 17.7 Å². The molecule has 0 radical (unpaired) electrons. The predicted molar refractivity (Wildman–Crippen MR) is 94.1 cm³/mol. The SMILES string of the molecule is CCCCN1C(=O)C(O)=C(C(=O)c2cccs2)[C@H]1c1ccccc1. The number of nitrogens with zero attached hydrogens (tertiary/aromatic N) is 1. The highest BCUT2D eigenvalue weighted by Gasteiger charge is 2.43. The monoisotopic (exact) mass is 341 g/mol. The number of ketones is 1. The van der Waals surface area contributed by atoms with Gasteiger partial charge in [0.05, 0.1) is 16.5 Å². The maximum absolute atomic E-state index is 12.9. The Balaban J connectivity index is 2.06. The number of hydrogen-bond acceptors (Lipinski definition) is 4. The molecule has 1 aromatic carbocycles. The standard InChI is InChI=1S/C19H19NO3S/c1-2-3-11-20-16(13-8-5-4-6-9-13)15(18(22)19(20)23)17(21)14-10-7-12-24-14/h4-10,12,16,22H,2-3,11H2,1H3/t16-/m1/s1. The molecule has 0 fully saturated rings. The number of aliphatic hydroxyl groups is 1. The fourth-order valence-corrected chi connectivity index (χ4v) is 3.64. The molecule has 5 heteroatoms. The molecular formula is C19H19NO3S. The van der Waals surface area contributed by atoms with E-state index >= 15 is 0 Å². The molecule has 0 saturated carbocycles. The van der Waals surface area contributed by atoms with E-state index in [9.17, 15) is 14.7 Å². The molecule has 1 amide bonds. The molecule has 1 aliphatic rings. The van der Waals surface area contributed by atoms with Crippen molar-refractivity contribution < 1.29 is 14.7 Å². The number of carbonyl (C=O) groups excluding carboxylic acids is 2. The Hall–Kier alpha value is -2.40. The fourth-order valence-electron chi connectivity index (χ4n) is 2.97. The van der Waals surface area contributed by atoms with Gasteiger partial charge in [-0.25, -0.2) is 0 Å². The molecule has 2 heterocycles. The number of benzene rings is 1. The van der Waals surface area contributed by atoms with Gasteiger partial charge in [-0.2, -0.15) is 0 Å². The van der Waals surface area contributed by atoms with E-state index in [0.29, 0.717) is 11.4 Å². The summed E-state index contributed by atoms with van der Waals surface area (Å²) in [5.41, 5.74) is 1.02. The molecule has 0 spiro atoms. The van der Waals surface area contributed by atoms with Crippen LogP contribution in [-0.2, 0) is 4.79 Å². The number of hydrogen-bond donors (Lipinski definition) is 1. The van der Waals surface area contributed by atoms with Crippen LogP contribution in [-0.4, -0.2) is 28.2 Å². The quantitative estimate of drug-likeness (QED) is 0.804. The topological polar surface area (TPSA) is 57.6 Å². The number of aliphatic hydroxyl groups excluding tert-OH is 1. The molecule has 24 heavy (non-hydrogen) atoms. The van der Waals surface area contributed by atoms with Crippen LogP contribution in [0.15, 0.2) is 59.2 Å². The zero-order chi connectivity index (χ0) is 17.1. The zero-order valence-electron chi connectivity index (χ0n) is 13.4. The van der Waals surface area contributed by atoms with Crippen molar-refractivity contribution in [3.8, 4) is 0 Å². The number of carbonyl (C=O) groups is 2. The lowest BCUT2D eigenvalue weighted by atomic mass is 9.95. The third-order valence-electron chi connectivity index (χ3n) is 4.16. The van der Waals surface area contributed by atoms with Crippen molar-refractivity contribution in [3.05, 3.63) is 69.6 Å². The summed E-state index contributed by atoms with van der Waals surface area (Å²) in [6, 6.07) is 12.4. The fraction of sp³-hybridized carbons (Fsp3) is 0.263. The normalized spacial score (nSPS) is 17.6. The molecule has 1 aliphatic heterocycles. The highest BCUT2D eigenvalue weighted by molar-refractivity contribution is 7.12. The van der Waals surface area contributed by atoms with Gasteiger partial charge in [0.25, 0.3) is 5.91 Å². The van der Waals surface area contributed by atoms with Gasteiger partial charge in [0, 0.05) is 6.54 Å². The third-order valence-corrected chi connectivity index (χ3v) is 5.03. The van der Waals surface area contributed by atoms with E-state index in [4.69, 9.17) is 0 Å². The molecule has 1 aromatic heterocycles. The molecule has 1 atom stereocenters. The van der Waals surface area contributed by atoms with Gasteiger partial charge in [0.15, 0.2) is 5.76 Å². The molecule has 0 saturated heterocycles. The average molecular weight is 341 g/mol. The van der Waals surface area contributed by atoms with Gasteiger partial charge in [-0.15, -0.1) is 11.3 Å². The Bertz CT molecular complexity index is 765. The minimum atomic E-state index is -0.528. The second kappa shape index (κ2) is 7.01. The summed E-state index contributed by atoms with van der Waals surface area (Å²) in [5, 5.41) is 12.2. The first kappa shape index (κ1) is 16.5. The van der Waals surface area contributed by atoms with Gasteiger partial charge in [-0.1, -0.05) is 49.7 Å². The highest BCUT2D eigenvalue weighted by Crippen LogP contribution is 2.39. The minimum absolute atomic E-state index is 0.185. The third kappa shape index (κ3) is 2.87. The molecule has 2 aromatic rings. The number of rotatable bonds is 6. The van der Waals surface area contributed by atoms with Crippen molar-refractivity contribution in [2.75, 3.05) is 6.54 Å². The molecule has 0 unspecified atom stereocenters. The largest absolute Gasteiger partial charge is 0.503 e. The van der Waals surface area contributed by atoms with Crippen molar-refractivity contribution in [2.45, 2.75) is 25.8 Å². The van der Waals surface area contributed by atoms with Gasteiger partial charge < -0.3 is 10.0 Å². The lowest BCUT2D eigenvalue weighted by molar-refractivity contribution is -0.129. The second-order valence-electron chi connectivity index (χ2n) is 5.73. The van der Waals surface area contributed by atoms with E-state index in [-0.39, 0.29) is 11.4 Å². The maximum atomic E-state index is 12.9. The summed E-state index contributed by atoms with van der Waals surface area (Å²) < 4.78 is 0. The summed E-state index contributed by atoms with van der Waals surface area (Å²) in [6.45, 7) is 2.56. The van der Waals surface area contributed by atoms with Crippen LogP contribution in [0.2, 0.25) is 0 Å². The van der Waals surface area contributed by atoms with E-state index in [1.54, 1.807) is 17.0 Å². The molecule has 4 nitrogen and oxygen atoms in total. The number of unbranched alkanes of at least 4 members (excludes halogenated alkanes) is 1. The van der Waals surface area contributed by atoms with Crippen LogP contribution in [0.5, 0.6) is 0 Å². The van der Waals surface area contributed by atoms with Crippen LogP contribution in [0.3, 0.4) is 0 Å². The van der Waals surface area contributed by atoms with Gasteiger partial charge in [-0.05, 0) is 23.4 Å². The van der Waals surface area contributed by atoms with Crippen LogP contribution >= 0.6 is 11.3 Å². The van der Waals surface area contributed by atoms with Crippen LogP contribution in [0.1, 0.15) is 41.0 Å². The van der Waals surface area contributed by atoms with E-state index in [0.717, 1.165) is 18.4 Å². The van der Waals surface area contributed by atoms with Crippen LogP contribution in [0, 0.1) is 0 Å². The maximum Gasteiger partial charge on any atom is 0.290 e. The Morgan fingerprint density at radius 3 is 2.58 bits per heavy atom. The highest BCUT2D eigenvalue weighted by atomic mass is 32.1. The summed E-state index contributed by atoms with van der Waals surface area (Å²) in [7, 11) is 0. The molecule has 124 valence electrons. The molecule has 0 bridgehead atoms. The first-order chi connectivity index (χ1) is 11.6. The van der Waals surface area contributed by atoms with Crippen molar-refractivity contribution in [2.24, 2.45) is 0 Å². The van der Waals surface area contributed by atoms with Gasteiger partial charge in [0.2, 0.25) is 5.78 Å². The Kier molecular flexibility index (Phi) is 4.81. The summed E-state index contributed by atoms with van der Waals surface area (Å²) in [6.07, 6.45) is 1.75. The van der Waals surface area contributed by atoms with Crippen LogP contribution in [0.25, 0.3) is 0 Å². The molecule has 3 rings (SSSR count). The Morgan fingerprint density at radius 1 is 1.21 bits per heavy atom. The van der Waals surface area contributed by atoms with Crippen molar-refractivity contribution in [1.82, 2.24) is 4.90 Å².